The number of unbranched alkanes of at least 4 members (excludes halogenated alkanes) is 8. The number of rotatable bonds is 14. The lowest BCUT2D eigenvalue weighted by Gasteiger charge is -2.40. The van der Waals surface area contributed by atoms with Gasteiger partial charge in [0.1, 0.15) is 0 Å². The zero-order chi connectivity index (χ0) is 17.1. The van der Waals surface area contributed by atoms with Crippen LogP contribution in [-0.4, -0.2) is 16.9 Å². The predicted octanol–water partition coefficient (Wildman–Crippen LogP) is 4.71. The highest BCUT2D eigenvalue weighted by atomic mass is 16.1. The lowest BCUT2D eigenvalue weighted by Crippen LogP contribution is -2.67. The third-order valence-electron chi connectivity index (χ3n) is 4.80. The molecule has 3 nitrogen and oxygen atoms in total. The fraction of sp³-hybridized carbons (Fsp3) is 0.947. The molecule has 0 saturated heterocycles. The molecule has 0 aromatic heterocycles. The van der Waals surface area contributed by atoms with Gasteiger partial charge in [-0.25, -0.2) is 0 Å². The SMILES string of the molecule is CCCCCCCCCCCC(=O)C(N)(CCC)C(C)(C)N. The first-order chi connectivity index (χ1) is 10.3. The van der Waals surface area contributed by atoms with E-state index in [0.29, 0.717) is 12.8 Å². The van der Waals surface area contributed by atoms with Crippen molar-refractivity contribution in [3.05, 3.63) is 0 Å². The van der Waals surface area contributed by atoms with Gasteiger partial charge >= 0.3 is 0 Å². The van der Waals surface area contributed by atoms with Crippen LogP contribution in [0.4, 0.5) is 0 Å². The Labute approximate surface area is 138 Å². The van der Waals surface area contributed by atoms with E-state index >= 15 is 0 Å². The van der Waals surface area contributed by atoms with Gasteiger partial charge in [-0.1, -0.05) is 71.6 Å². The second-order valence-corrected chi connectivity index (χ2v) is 7.44. The maximum atomic E-state index is 12.5. The molecule has 0 rings (SSSR count). The van der Waals surface area contributed by atoms with Crippen molar-refractivity contribution in [3.63, 3.8) is 0 Å². The summed E-state index contributed by atoms with van der Waals surface area (Å²) in [6.45, 7) is 8.04. The minimum atomic E-state index is -0.873. The first-order valence-corrected chi connectivity index (χ1v) is 9.40. The summed E-state index contributed by atoms with van der Waals surface area (Å²) < 4.78 is 0. The van der Waals surface area contributed by atoms with Crippen molar-refractivity contribution in [2.75, 3.05) is 0 Å². The van der Waals surface area contributed by atoms with E-state index in [1.54, 1.807) is 0 Å². The zero-order valence-electron chi connectivity index (χ0n) is 15.5. The molecule has 4 N–H and O–H groups in total. The molecule has 0 aromatic carbocycles. The van der Waals surface area contributed by atoms with Gasteiger partial charge in [-0.2, -0.15) is 0 Å². The molecule has 0 saturated carbocycles. The van der Waals surface area contributed by atoms with E-state index in [9.17, 15) is 4.79 Å². The van der Waals surface area contributed by atoms with Crippen molar-refractivity contribution in [3.8, 4) is 0 Å². The number of hydrogen-bond donors (Lipinski definition) is 2. The summed E-state index contributed by atoms with van der Waals surface area (Å²) in [7, 11) is 0. The fourth-order valence-electron chi connectivity index (χ4n) is 3.03. The molecule has 0 amide bonds. The van der Waals surface area contributed by atoms with Gasteiger partial charge in [-0.3, -0.25) is 4.79 Å². The van der Waals surface area contributed by atoms with Crippen LogP contribution in [0.5, 0.6) is 0 Å². The molecule has 1 atom stereocenters. The Balaban J connectivity index is 3.92. The average Bonchev–Trinajstić information content (AvgIpc) is 2.44. The summed E-state index contributed by atoms with van der Waals surface area (Å²) in [5, 5.41) is 0. The minimum absolute atomic E-state index is 0.143. The quantitative estimate of drug-likeness (QED) is 0.456. The summed E-state index contributed by atoms with van der Waals surface area (Å²) in [4.78, 5) is 12.5. The molecule has 0 aromatic rings. The predicted molar refractivity (Wildman–Crippen MR) is 96.9 cm³/mol. The van der Waals surface area contributed by atoms with Crippen molar-refractivity contribution in [2.24, 2.45) is 11.5 Å². The zero-order valence-corrected chi connectivity index (χ0v) is 15.5. The molecule has 0 spiro atoms. The molecule has 0 heterocycles. The summed E-state index contributed by atoms with van der Waals surface area (Å²) in [6.07, 6.45) is 13.5. The van der Waals surface area contributed by atoms with Crippen LogP contribution in [0.25, 0.3) is 0 Å². The van der Waals surface area contributed by atoms with Gasteiger partial charge in [0.25, 0.3) is 0 Å². The maximum Gasteiger partial charge on any atom is 0.154 e. The summed E-state index contributed by atoms with van der Waals surface area (Å²) in [5.74, 6) is 0.143. The highest BCUT2D eigenvalue weighted by Gasteiger charge is 2.43. The monoisotopic (exact) mass is 312 g/mol. The number of hydrogen-bond acceptors (Lipinski definition) is 3. The molecule has 0 fully saturated rings. The van der Waals surface area contributed by atoms with Crippen LogP contribution in [-0.2, 0) is 4.79 Å². The van der Waals surface area contributed by atoms with Crippen molar-refractivity contribution in [1.29, 1.82) is 0 Å². The molecule has 0 aliphatic carbocycles. The molecule has 132 valence electrons. The smallest absolute Gasteiger partial charge is 0.154 e. The first kappa shape index (κ1) is 21.6. The molecule has 0 aliphatic heterocycles. The number of nitrogens with two attached hydrogens (primary N) is 2. The lowest BCUT2D eigenvalue weighted by atomic mass is 9.73. The summed E-state index contributed by atoms with van der Waals surface area (Å²) in [5.41, 5.74) is 11.0. The number of ketones is 1. The molecular weight excluding hydrogens is 272 g/mol. The van der Waals surface area contributed by atoms with Crippen LogP contribution < -0.4 is 11.5 Å². The van der Waals surface area contributed by atoms with Gasteiger partial charge in [0.15, 0.2) is 5.78 Å². The lowest BCUT2D eigenvalue weighted by molar-refractivity contribution is -0.126. The minimum Gasteiger partial charge on any atom is -0.324 e. The van der Waals surface area contributed by atoms with Gasteiger partial charge in [0.2, 0.25) is 0 Å². The van der Waals surface area contributed by atoms with E-state index in [2.05, 4.69) is 13.8 Å². The Morgan fingerprint density at radius 2 is 1.23 bits per heavy atom. The summed E-state index contributed by atoms with van der Waals surface area (Å²) in [6, 6.07) is 0. The van der Waals surface area contributed by atoms with Crippen LogP contribution >= 0.6 is 0 Å². The molecule has 0 radical (unpaired) electrons. The van der Waals surface area contributed by atoms with Gasteiger partial charge in [0.05, 0.1) is 5.54 Å². The second kappa shape index (κ2) is 11.2. The molecule has 0 aliphatic rings. The number of Topliss-reactive ketones (excluding diaryl/α,β-unsaturated/α-hetero) is 1. The van der Waals surface area contributed by atoms with Crippen LogP contribution in [0.1, 0.15) is 105 Å². The second-order valence-electron chi connectivity index (χ2n) is 7.44. The fourth-order valence-corrected chi connectivity index (χ4v) is 3.03. The maximum absolute atomic E-state index is 12.5. The Kier molecular flexibility index (Phi) is 11.0. The van der Waals surface area contributed by atoms with Gasteiger partial charge in [0, 0.05) is 12.0 Å². The Morgan fingerprint density at radius 3 is 1.64 bits per heavy atom. The van der Waals surface area contributed by atoms with E-state index < -0.39 is 11.1 Å². The first-order valence-electron chi connectivity index (χ1n) is 9.40. The molecule has 1 unspecified atom stereocenters. The van der Waals surface area contributed by atoms with Crippen LogP contribution in [0, 0.1) is 0 Å². The number of carbonyl (C=O) groups is 1. The van der Waals surface area contributed by atoms with E-state index in [1.165, 1.54) is 44.9 Å². The van der Waals surface area contributed by atoms with E-state index in [4.69, 9.17) is 11.5 Å². The molecular formula is C19H40N2O. The van der Waals surface area contributed by atoms with Crippen molar-refractivity contribution in [2.45, 2.75) is 116 Å². The van der Waals surface area contributed by atoms with Crippen LogP contribution in [0.2, 0.25) is 0 Å². The third-order valence-corrected chi connectivity index (χ3v) is 4.80. The highest BCUT2D eigenvalue weighted by molar-refractivity contribution is 5.89. The van der Waals surface area contributed by atoms with Crippen molar-refractivity contribution >= 4 is 5.78 Å². The van der Waals surface area contributed by atoms with Crippen LogP contribution in [0.3, 0.4) is 0 Å². The van der Waals surface area contributed by atoms with Crippen LogP contribution in [0.15, 0.2) is 0 Å². The standard InChI is InChI=1S/C19H40N2O/c1-5-7-8-9-10-11-12-13-14-15-17(22)19(21,16-6-2)18(3,4)20/h5-16,20-21H2,1-4H3. The van der Waals surface area contributed by atoms with Crippen molar-refractivity contribution in [1.82, 2.24) is 0 Å². The Hall–Kier alpha value is -0.410. The Morgan fingerprint density at radius 1 is 0.773 bits per heavy atom. The Bertz CT molecular complexity index is 296. The molecule has 3 heteroatoms. The summed E-state index contributed by atoms with van der Waals surface area (Å²) >= 11 is 0. The molecule has 22 heavy (non-hydrogen) atoms. The van der Waals surface area contributed by atoms with E-state index in [0.717, 1.165) is 19.3 Å². The molecule has 0 bridgehead atoms. The number of carbonyl (C=O) groups excluding carboxylic acids is 1. The highest BCUT2D eigenvalue weighted by Crippen LogP contribution is 2.25. The average molecular weight is 313 g/mol. The van der Waals surface area contributed by atoms with Gasteiger partial charge in [-0.05, 0) is 26.7 Å². The topological polar surface area (TPSA) is 69.1 Å². The van der Waals surface area contributed by atoms with E-state index in [-0.39, 0.29) is 5.78 Å². The largest absolute Gasteiger partial charge is 0.324 e. The normalized spacial score (nSPS) is 14.8. The third kappa shape index (κ3) is 7.73. The van der Waals surface area contributed by atoms with Gasteiger partial charge in [-0.15, -0.1) is 0 Å². The van der Waals surface area contributed by atoms with Crippen molar-refractivity contribution < 1.29 is 4.79 Å². The van der Waals surface area contributed by atoms with Gasteiger partial charge < -0.3 is 11.5 Å². The van der Waals surface area contributed by atoms with E-state index in [1.807, 2.05) is 13.8 Å².